The van der Waals surface area contributed by atoms with Crippen LogP contribution in [0.4, 0.5) is 0 Å². The van der Waals surface area contributed by atoms with Crippen LogP contribution in [-0.4, -0.2) is 0 Å². The molecule has 1 aliphatic rings. The predicted octanol–water partition coefficient (Wildman–Crippen LogP) is 3.39. The van der Waals surface area contributed by atoms with Gasteiger partial charge in [0.15, 0.2) is 0 Å². The molecule has 1 rings (SSSR count). The Morgan fingerprint density at radius 2 is 1.89 bits per heavy atom. The normalized spacial score (nSPS) is 25.4. The van der Waals surface area contributed by atoms with Gasteiger partial charge in [0.05, 0.1) is 0 Å². The van der Waals surface area contributed by atoms with Crippen LogP contribution in [0.1, 0.15) is 40.5 Å². The predicted molar refractivity (Wildman–Crippen MR) is 43.5 cm³/mol. The van der Waals surface area contributed by atoms with Gasteiger partial charge in [0.25, 0.3) is 0 Å². The maximum absolute atomic E-state index is 3.86. The molecular weight excluding hydrogens is 108 g/mol. The van der Waals surface area contributed by atoms with Crippen LogP contribution < -0.4 is 0 Å². The summed E-state index contributed by atoms with van der Waals surface area (Å²) in [5.74, 6) is 0. The molecule has 1 aliphatic carbocycles. The molecule has 0 aromatic carbocycles. The Balaban J connectivity index is 0.000000810. The molecule has 0 heterocycles. The summed E-state index contributed by atoms with van der Waals surface area (Å²) >= 11 is 0. The summed E-state index contributed by atoms with van der Waals surface area (Å²) in [6.45, 7) is 6.17. The first-order valence-corrected chi connectivity index (χ1v) is 3.90. The molecule has 0 nitrogen and oxygen atoms in total. The van der Waals surface area contributed by atoms with Crippen LogP contribution in [0.5, 0.6) is 0 Å². The van der Waals surface area contributed by atoms with E-state index in [1.165, 1.54) is 32.1 Å². The van der Waals surface area contributed by atoms with E-state index in [1.807, 2.05) is 0 Å². The molecule has 0 bridgehead atoms. The quantitative estimate of drug-likeness (QED) is 0.472. The summed E-state index contributed by atoms with van der Waals surface area (Å²) in [5, 5.41) is 0. The van der Waals surface area contributed by atoms with Gasteiger partial charge in [0, 0.05) is 1.43 Å². The summed E-state index contributed by atoms with van der Waals surface area (Å²) in [6.07, 6.45) is 9.09. The number of allylic oxidation sites excluding steroid dienone is 1. The van der Waals surface area contributed by atoms with Crippen molar-refractivity contribution in [1.82, 2.24) is 0 Å². The molecule has 0 unspecified atom stereocenters. The molecule has 1 saturated carbocycles. The van der Waals surface area contributed by atoms with Crippen LogP contribution in [0.3, 0.4) is 0 Å². The fraction of sp³-hybridized carbons (Fsp3) is 0.778. The minimum Gasteiger partial charge on any atom is -0.103 e. The Kier molecular flexibility index (Phi) is 1.94. The number of hydrogen-bond donors (Lipinski definition) is 0. The summed E-state index contributed by atoms with van der Waals surface area (Å²) in [5.41, 5.74) is 0.484. The molecule has 0 radical (unpaired) electrons. The highest BCUT2D eigenvalue weighted by atomic mass is 14.3. The van der Waals surface area contributed by atoms with Gasteiger partial charge in [0.1, 0.15) is 0 Å². The maximum Gasteiger partial charge on any atom is 0 e. The van der Waals surface area contributed by atoms with Crippen molar-refractivity contribution in [2.24, 2.45) is 5.41 Å². The Morgan fingerprint density at radius 1 is 1.33 bits per heavy atom. The van der Waals surface area contributed by atoms with Crippen LogP contribution in [0.25, 0.3) is 0 Å². The first kappa shape index (κ1) is 6.85. The van der Waals surface area contributed by atoms with Crippen molar-refractivity contribution < 1.29 is 1.43 Å². The lowest BCUT2D eigenvalue weighted by Crippen LogP contribution is -2.16. The van der Waals surface area contributed by atoms with Gasteiger partial charge in [-0.15, -0.1) is 6.58 Å². The zero-order valence-electron chi connectivity index (χ0n) is 6.32. The Morgan fingerprint density at radius 3 is 2.22 bits per heavy atom. The van der Waals surface area contributed by atoms with Gasteiger partial charge in [-0.3, -0.25) is 0 Å². The standard InChI is InChI=1S/C9H16.H2/c1-3-9(2)7-5-4-6-8-9;/h3H,1,4-8H2,2H3;1H. The summed E-state index contributed by atoms with van der Waals surface area (Å²) < 4.78 is 0. The second-order valence-corrected chi connectivity index (χ2v) is 3.42. The van der Waals surface area contributed by atoms with E-state index >= 15 is 0 Å². The topological polar surface area (TPSA) is 0 Å². The Labute approximate surface area is 59.4 Å². The lowest BCUT2D eigenvalue weighted by Gasteiger charge is -2.29. The molecule has 0 aromatic rings. The molecule has 54 valence electrons. The highest BCUT2D eigenvalue weighted by Crippen LogP contribution is 2.36. The summed E-state index contributed by atoms with van der Waals surface area (Å²) in [7, 11) is 0. The second kappa shape index (κ2) is 2.55. The minimum atomic E-state index is 0. The van der Waals surface area contributed by atoms with Crippen LogP contribution >= 0.6 is 0 Å². The fourth-order valence-electron chi connectivity index (χ4n) is 1.56. The van der Waals surface area contributed by atoms with Crippen LogP contribution in [0.2, 0.25) is 0 Å². The van der Waals surface area contributed by atoms with E-state index in [0.717, 1.165) is 0 Å². The molecule has 0 aliphatic heterocycles. The lowest BCUT2D eigenvalue weighted by molar-refractivity contribution is 0.286. The molecule has 0 spiro atoms. The first-order chi connectivity index (χ1) is 4.27. The van der Waals surface area contributed by atoms with Crippen molar-refractivity contribution >= 4 is 0 Å². The Hall–Kier alpha value is -0.260. The molecule has 0 N–H and O–H groups in total. The van der Waals surface area contributed by atoms with Crippen LogP contribution in [0, 0.1) is 5.41 Å². The fourth-order valence-corrected chi connectivity index (χ4v) is 1.56. The average Bonchev–Trinajstić information content (AvgIpc) is 1.90. The maximum atomic E-state index is 3.86. The lowest BCUT2D eigenvalue weighted by atomic mass is 9.76. The third-order valence-electron chi connectivity index (χ3n) is 2.49. The molecule has 0 atom stereocenters. The molecular formula is C9H18. The van der Waals surface area contributed by atoms with Crippen molar-refractivity contribution in [1.29, 1.82) is 0 Å². The molecule has 0 aromatic heterocycles. The monoisotopic (exact) mass is 126 g/mol. The van der Waals surface area contributed by atoms with Gasteiger partial charge < -0.3 is 0 Å². The van der Waals surface area contributed by atoms with Crippen molar-refractivity contribution in [2.45, 2.75) is 39.0 Å². The van der Waals surface area contributed by atoms with E-state index in [9.17, 15) is 0 Å². The second-order valence-electron chi connectivity index (χ2n) is 3.42. The van der Waals surface area contributed by atoms with E-state index in [0.29, 0.717) is 5.41 Å². The average molecular weight is 126 g/mol. The van der Waals surface area contributed by atoms with Crippen molar-refractivity contribution in [3.8, 4) is 0 Å². The van der Waals surface area contributed by atoms with E-state index < -0.39 is 0 Å². The smallest absolute Gasteiger partial charge is 0 e. The van der Waals surface area contributed by atoms with E-state index in [4.69, 9.17) is 0 Å². The largest absolute Gasteiger partial charge is 0.103 e. The molecule has 0 heteroatoms. The molecule has 1 fully saturated rings. The van der Waals surface area contributed by atoms with E-state index in [-0.39, 0.29) is 1.43 Å². The van der Waals surface area contributed by atoms with Gasteiger partial charge in [-0.2, -0.15) is 0 Å². The highest BCUT2D eigenvalue weighted by molar-refractivity contribution is 4.92. The van der Waals surface area contributed by atoms with E-state index in [1.54, 1.807) is 0 Å². The van der Waals surface area contributed by atoms with E-state index in [2.05, 4.69) is 19.6 Å². The minimum absolute atomic E-state index is 0. The highest BCUT2D eigenvalue weighted by Gasteiger charge is 2.22. The summed E-state index contributed by atoms with van der Waals surface area (Å²) in [6, 6.07) is 0. The van der Waals surface area contributed by atoms with Crippen molar-refractivity contribution in [3.63, 3.8) is 0 Å². The summed E-state index contributed by atoms with van der Waals surface area (Å²) in [4.78, 5) is 0. The van der Waals surface area contributed by atoms with Crippen LogP contribution in [0.15, 0.2) is 12.7 Å². The number of hydrogen-bond acceptors (Lipinski definition) is 0. The van der Waals surface area contributed by atoms with Gasteiger partial charge in [-0.25, -0.2) is 0 Å². The van der Waals surface area contributed by atoms with Crippen molar-refractivity contribution in [3.05, 3.63) is 12.7 Å². The Bertz CT molecular complexity index is 101. The SMILES string of the molecule is C=CC1(C)CCCCC1.[HH]. The zero-order valence-corrected chi connectivity index (χ0v) is 6.32. The van der Waals surface area contributed by atoms with Crippen molar-refractivity contribution in [2.75, 3.05) is 0 Å². The van der Waals surface area contributed by atoms with Crippen LogP contribution in [-0.2, 0) is 0 Å². The first-order valence-electron chi connectivity index (χ1n) is 3.90. The van der Waals surface area contributed by atoms with Gasteiger partial charge in [0.2, 0.25) is 0 Å². The third-order valence-corrected chi connectivity index (χ3v) is 2.49. The molecule has 9 heavy (non-hydrogen) atoms. The van der Waals surface area contributed by atoms with Gasteiger partial charge in [-0.05, 0) is 18.3 Å². The zero-order chi connectivity index (χ0) is 6.74. The molecule has 0 amide bonds. The third kappa shape index (κ3) is 1.57. The molecule has 0 saturated heterocycles. The van der Waals surface area contributed by atoms with Gasteiger partial charge in [-0.1, -0.05) is 32.3 Å². The van der Waals surface area contributed by atoms with Gasteiger partial charge >= 0.3 is 0 Å². The number of rotatable bonds is 1.